The Balaban J connectivity index is 0.923. The van der Waals surface area contributed by atoms with Crippen molar-refractivity contribution in [3.63, 3.8) is 0 Å². The van der Waals surface area contributed by atoms with Gasteiger partial charge in [-0.05, 0) is 143 Å². The van der Waals surface area contributed by atoms with Crippen molar-refractivity contribution in [1.82, 2.24) is 23.3 Å². The van der Waals surface area contributed by atoms with E-state index in [0.717, 1.165) is 132 Å². The topological polar surface area (TPSA) is 56.4 Å². The van der Waals surface area contributed by atoms with E-state index >= 15 is 0 Å². The molecule has 0 atom stereocenters. The number of nitriles is 1. The summed E-state index contributed by atoms with van der Waals surface area (Å²) in [5.74, 6) is 0. The maximum absolute atomic E-state index is 12.5. The molecule has 0 aliphatic rings. The molecule has 0 saturated heterocycles. The smallest absolute Gasteiger partial charge is 0.126 e. The van der Waals surface area contributed by atoms with E-state index in [1.165, 1.54) is 43.1 Å². The fourth-order valence-electron chi connectivity index (χ4n) is 15.1. The van der Waals surface area contributed by atoms with Gasteiger partial charge in [0.25, 0.3) is 0 Å². The molecule has 0 amide bonds. The number of nitrogens with zero attached hydrogens (tertiary/aromatic N) is 6. The Morgan fingerprint density at radius 2 is 0.484 bits per heavy atom. The third kappa shape index (κ3) is 8.03. The van der Waals surface area contributed by atoms with Crippen molar-refractivity contribution in [2.45, 2.75) is 0 Å². The number of rotatable bonds is 9. The highest BCUT2D eigenvalue weighted by molar-refractivity contribution is 7.21. The summed E-state index contributed by atoms with van der Waals surface area (Å²) in [6.45, 7) is 0. The Morgan fingerprint density at radius 1 is 0.247 bits per heavy atom. The van der Waals surface area contributed by atoms with E-state index in [1.807, 2.05) is 6.07 Å². The second-order valence-corrected chi connectivity index (χ2v) is 25.0. The van der Waals surface area contributed by atoms with Crippen molar-refractivity contribution in [2.24, 2.45) is 0 Å². The van der Waals surface area contributed by atoms with Crippen LogP contribution in [0, 0.1) is 11.3 Å². The lowest BCUT2D eigenvalue weighted by atomic mass is 9.77. The van der Waals surface area contributed by atoms with Gasteiger partial charge in [-0.2, -0.15) is 5.26 Å². The van der Waals surface area contributed by atoms with Crippen LogP contribution < -0.4 is 0 Å². The molecule has 19 aromatic rings. The SMILES string of the molecule is N#Cc1c(-c2ccc(-n3c4ccccc4c4ccccc43)cc2)c(-c2ccc(-n3c4ccccc4c4ccccc43)cc2)c(-c2ccc(-n3c4ccccc4c4ccccc43)cc2)c(-c2ccc(-n3c4ccccc4c4ccccc43)cc2)c1-c1nc2ccccc2s1. The predicted octanol–water partition coefficient (Wildman–Crippen LogP) is 22.9. The maximum Gasteiger partial charge on any atom is 0.126 e. The highest BCUT2D eigenvalue weighted by Gasteiger charge is 2.31. The normalized spacial score (nSPS) is 11.9. The molecule has 0 aliphatic carbocycles. The van der Waals surface area contributed by atoms with E-state index in [9.17, 15) is 5.26 Å². The van der Waals surface area contributed by atoms with E-state index in [2.05, 4.69) is 334 Å². The number of aromatic nitrogens is 5. The van der Waals surface area contributed by atoms with Crippen LogP contribution in [-0.2, 0) is 0 Å². The summed E-state index contributed by atoms with van der Waals surface area (Å²) in [6.07, 6.45) is 0. The van der Waals surface area contributed by atoms with E-state index in [1.54, 1.807) is 11.3 Å². The monoisotopic (exact) mass is 1200 g/mol. The van der Waals surface area contributed by atoms with Crippen molar-refractivity contribution in [3.8, 4) is 83.9 Å². The van der Waals surface area contributed by atoms with Crippen LogP contribution in [0.1, 0.15) is 5.56 Å². The van der Waals surface area contributed by atoms with Crippen LogP contribution in [0.15, 0.2) is 315 Å². The van der Waals surface area contributed by atoms with E-state index in [-0.39, 0.29) is 0 Å². The number of hydrogen-bond acceptors (Lipinski definition) is 3. The van der Waals surface area contributed by atoms with Crippen molar-refractivity contribution >= 4 is 109 Å². The highest BCUT2D eigenvalue weighted by Crippen LogP contribution is 2.54. The summed E-state index contributed by atoms with van der Waals surface area (Å²) in [6, 6.07) is 117. The van der Waals surface area contributed by atoms with Crippen LogP contribution in [0.25, 0.3) is 175 Å². The molecule has 5 heterocycles. The minimum Gasteiger partial charge on any atom is -0.309 e. The van der Waals surface area contributed by atoms with E-state index in [0.29, 0.717) is 5.56 Å². The van der Waals surface area contributed by atoms with Gasteiger partial charge in [0.05, 0.1) is 59.9 Å². The highest BCUT2D eigenvalue weighted by atomic mass is 32.1. The predicted molar refractivity (Wildman–Crippen MR) is 389 cm³/mol. The standard InChI is InChI=1S/C86H52N6S/c87-53-70-81(54-37-45-58(46-38-54)89-72-28-10-1-19-62(72)63-20-2-11-29-73(63)89)82(55-39-47-59(48-40-55)90-74-30-12-3-21-64(74)65-22-4-13-31-75(65)90)83(56-41-49-60(50-42-56)91-76-32-14-5-23-66(76)67-24-6-15-33-77(67)91)84(85(70)86-88-71-27-9-18-36-80(71)93-86)57-43-51-61(52-44-57)92-78-34-16-7-25-68(78)69-26-8-17-35-79(69)92/h1-52H. The summed E-state index contributed by atoms with van der Waals surface area (Å²) in [4.78, 5) is 5.53. The molecule has 0 spiro atoms. The molecule has 432 valence electrons. The molecular weight excluding hydrogens is 1150 g/mol. The van der Waals surface area contributed by atoms with Gasteiger partial charge in [0.2, 0.25) is 0 Å². The molecule has 0 fully saturated rings. The van der Waals surface area contributed by atoms with Gasteiger partial charge in [0.1, 0.15) is 11.1 Å². The van der Waals surface area contributed by atoms with Crippen LogP contribution in [0.3, 0.4) is 0 Å². The van der Waals surface area contributed by atoms with Gasteiger partial charge in [-0.3, -0.25) is 0 Å². The molecule has 0 N–H and O–H groups in total. The third-order valence-corrected chi connectivity index (χ3v) is 20.2. The van der Waals surface area contributed by atoms with Crippen molar-refractivity contribution in [2.75, 3.05) is 0 Å². The number of thiazole rings is 1. The molecular formula is C86H52N6S. The second kappa shape index (κ2) is 20.9. The first-order valence-corrected chi connectivity index (χ1v) is 32.3. The average molecular weight is 1200 g/mol. The van der Waals surface area contributed by atoms with Crippen molar-refractivity contribution in [3.05, 3.63) is 321 Å². The minimum atomic E-state index is 0.548. The second-order valence-electron chi connectivity index (χ2n) is 24.0. The maximum atomic E-state index is 12.5. The Morgan fingerprint density at radius 3 is 0.763 bits per heavy atom. The molecule has 0 bridgehead atoms. The Hall–Kier alpha value is -12.3. The Bertz CT molecular complexity index is 6040. The largest absolute Gasteiger partial charge is 0.309 e. The van der Waals surface area contributed by atoms with Gasteiger partial charge in [0, 0.05) is 82.5 Å². The lowest BCUT2D eigenvalue weighted by Crippen LogP contribution is -2.03. The molecule has 7 heteroatoms. The average Bonchev–Trinajstić information content (AvgIpc) is 1.64. The fraction of sp³-hybridized carbons (Fsp3) is 0. The summed E-state index contributed by atoms with van der Waals surface area (Å²) >= 11 is 1.63. The molecule has 0 aliphatic heterocycles. The molecule has 0 unspecified atom stereocenters. The number of para-hydroxylation sites is 9. The van der Waals surface area contributed by atoms with Gasteiger partial charge in [0.15, 0.2) is 0 Å². The summed E-state index contributed by atoms with van der Waals surface area (Å²) in [5, 5.41) is 22.9. The minimum absolute atomic E-state index is 0.548. The van der Waals surface area contributed by atoms with Gasteiger partial charge in [-0.15, -0.1) is 11.3 Å². The quantitative estimate of drug-likeness (QED) is 0.145. The van der Waals surface area contributed by atoms with Crippen LogP contribution in [0.5, 0.6) is 0 Å². The lowest BCUT2D eigenvalue weighted by molar-refractivity contribution is 1.18. The lowest BCUT2D eigenvalue weighted by Gasteiger charge is -2.26. The number of fused-ring (bicyclic) bond motifs is 13. The fourth-order valence-corrected chi connectivity index (χ4v) is 16.1. The van der Waals surface area contributed by atoms with E-state index < -0.39 is 0 Å². The van der Waals surface area contributed by atoms with Crippen LogP contribution in [0.4, 0.5) is 0 Å². The Kier molecular flexibility index (Phi) is 11.8. The number of hydrogen-bond donors (Lipinski definition) is 0. The van der Waals surface area contributed by atoms with Crippen molar-refractivity contribution < 1.29 is 0 Å². The van der Waals surface area contributed by atoms with E-state index in [4.69, 9.17) is 4.98 Å². The molecule has 14 aromatic carbocycles. The molecule has 5 aromatic heterocycles. The van der Waals surface area contributed by atoms with Crippen LogP contribution >= 0.6 is 11.3 Å². The van der Waals surface area contributed by atoms with Crippen LogP contribution in [0.2, 0.25) is 0 Å². The number of benzene rings is 14. The molecule has 0 saturated carbocycles. The molecule has 6 nitrogen and oxygen atoms in total. The first-order valence-electron chi connectivity index (χ1n) is 31.5. The summed E-state index contributed by atoms with van der Waals surface area (Å²) in [7, 11) is 0. The third-order valence-electron chi connectivity index (χ3n) is 19.1. The first-order chi connectivity index (χ1) is 46.1. The zero-order chi connectivity index (χ0) is 61.3. The summed E-state index contributed by atoms with van der Waals surface area (Å²) in [5.41, 5.74) is 23.0. The van der Waals surface area contributed by atoms with Crippen LogP contribution in [-0.4, -0.2) is 23.3 Å². The Labute approximate surface area is 538 Å². The van der Waals surface area contributed by atoms with Gasteiger partial charge < -0.3 is 18.3 Å². The zero-order valence-corrected chi connectivity index (χ0v) is 50.9. The zero-order valence-electron chi connectivity index (χ0n) is 50.1. The van der Waals surface area contributed by atoms with Gasteiger partial charge in [-0.25, -0.2) is 4.98 Å². The van der Waals surface area contributed by atoms with Crippen molar-refractivity contribution in [1.29, 1.82) is 5.26 Å². The molecule has 93 heavy (non-hydrogen) atoms. The first kappa shape index (κ1) is 52.6. The molecule has 0 radical (unpaired) electrons. The van der Waals surface area contributed by atoms with Gasteiger partial charge in [-0.1, -0.05) is 206 Å². The molecule has 19 rings (SSSR count). The van der Waals surface area contributed by atoms with Gasteiger partial charge >= 0.3 is 0 Å². The summed E-state index contributed by atoms with van der Waals surface area (Å²) < 4.78 is 10.5.